The molecule has 0 atom stereocenters. The lowest BCUT2D eigenvalue weighted by atomic mass is 10.4. The minimum atomic E-state index is 0.721. The lowest BCUT2D eigenvalue weighted by molar-refractivity contribution is 0.192. The second-order valence-corrected chi connectivity index (χ2v) is 2.19. The van der Waals surface area contributed by atoms with E-state index in [2.05, 4.69) is 16.9 Å². The van der Waals surface area contributed by atoms with Gasteiger partial charge in [-0.05, 0) is 6.92 Å². The Hall–Kier alpha value is -1.25. The second kappa shape index (κ2) is 12.8. The van der Waals surface area contributed by atoms with Crippen molar-refractivity contribution in [2.75, 3.05) is 13.2 Å². The molecule has 88 valence electrons. The molecule has 0 saturated heterocycles. The van der Waals surface area contributed by atoms with E-state index in [9.17, 15) is 0 Å². The third kappa shape index (κ3) is 7.79. The van der Waals surface area contributed by atoms with Crippen LogP contribution in [0, 0.1) is 0 Å². The summed E-state index contributed by atoms with van der Waals surface area (Å²) in [5.41, 5.74) is 0. The van der Waals surface area contributed by atoms with E-state index in [1.165, 1.54) is 0 Å². The fraction of sp³-hybridized carbons (Fsp3) is 0.583. The van der Waals surface area contributed by atoms with Gasteiger partial charge in [0.05, 0.1) is 6.54 Å². The Morgan fingerprint density at radius 3 is 2.40 bits per heavy atom. The first-order chi connectivity index (χ1) is 7.34. The lowest BCUT2D eigenvalue weighted by Crippen LogP contribution is -2.24. The number of allylic oxidation sites excluding steroid dienone is 2. The summed E-state index contributed by atoms with van der Waals surface area (Å²) in [6.45, 7) is 15.0. The summed E-state index contributed by atoms with van der Waals surface area (Å²) in [4.78, 5) is 4.08. The number of nitrogens with zero attached hydrogens (tertiary/aromatic N) is 1. The number of hydrogen-bond acceptors (Lipinski definition) is 3. The fourth-order valence-electron chi connectivity index (χ4n) is 0.830. The van der Waals surface area contributed by atoms with Crippen molar-refractivity contribution in [1.29, 1.82) is 0 Å². The summed E-state index contributed by atoms with van der Waals surface area (Å²) in [6.07, 6.45) is 3.27. The predicted molar refractivity (Wildman–Crippen MR) is 68.0 cm³/mol. The number of rotatable bonds is 2. The Balaban J connectivity index is 0. The summed E-state index contributed by atoms with van der Waals surface area (Å²) in [5.74, 6) is 1.64. The van der Waals surface area contributed by atoms with Crippen LogP contribution in [-0.4, -0.2) is 19.4 Å². The van der Waals surface area contributed by atoms with Gasteiger partial charge in [0.25, 0.3) is 0 Å². The van der Waals surface area contributed by atoms with Gasteiger partial charge in [-0.1, -0.05) is 40.3 Å². The maximum atomic E-state index is 5.26. The van der Waals surface area contributed by atoms with Crippen LogP contribution in [0.1, 0.15) is 34.6 Å². The van der Waals surface area contributed by atoms with Crippen molar-refractivity contribution in [1.82, 2.24) is 5.32 Å². The molecule has 3 nitrogen and oxygen atoms in total. The third-order valence-corrected chi connectivity index (χ3v) is 1.36. The van der Waals surface area contributed by atoms with Gasteiger partial charge in [0.2, 0.25) is 0 Å². The summed E-state index contributed by atoms with van der Waals surface area (Å²) in [5, 5.41) is 3.11. The van der Waals surface area contributed by atoms with Crippen LogP contribution < -0.4 is 5.32 Å². The SMILES string of the molecule is C=C/C=N\C1=C(C)OCCN1.CC.CC. The number of nitrogens with one attached hydrogen (secondary N) is 1. The standard InChI is InChI=1S/C8H12N2O.2C2H6/c1-3-4-9-8-7(2)11-6-5-10-8;2*1-2/h3-4,10H,1,5-6H2,2H3;2*1-2H3/b9-4-;;. The molecule has 1 N–H and O–H groups in total. The molecule has 0 spiro atoms. The molecule has 0 radical (unpaired) electrons. The van der Waals surface area contributed by atoms with Gasteiger partial charge in [0.1, 0.15) is 12.4 Å². The summed E-state index contributed by atoms with van der Waals surface area (Å²) < 4.78 is 5.26. The van der Waals surface area contributed by atoms with Crippen LogP contribution in [-0.2, 0) is 4.74 Å². The van der Waals surface area contributed by atoms with Gasteiger partial charge in [0.15, 0.2) is 5.82 Å². The van der Waals surface area contributed by atoms with Crippen molar-refractivity contribution >= 4 is 6.21 Å². The van der Waals surface area contributed by atoms with Gasteiger partial charge in [-0.2, -0.15) is 0 Å². The van der Waals surface area contributed by atoms with Crippen LogP contribution in [0.4, 0.5) is 0 Å². The molecular weight excluding hydrogens is 188 g/mol. The van der Waals surface area contributed by atoms with Crippen LogP contribution in [0.5, 0.6) is 0 Å². The second-order valence-electron chi connectivity index (χ2n) is 2.19. The number of hydrogen-bond donors (Lipinski definition) is 1. The fourth-order valence-corrected chi connectivity index (χ4v) is 0.830. The van der Waals surface area contributed by atoms with Gasteiger partial charge in [0, 0.05) is 6.21 Å². The van der Waals surface area contributed by atoms with Crippen molar-refractivity contribution in [3.05, 3.63) is 24.2 Å². The molecule has 0 aromatic rings. The molecule has 1 aliphatic heterocycles. The molecule has 0 bridgehead atoms. The van der Waals surface area contributed by atoms with E-state index >= 15 is 0 Å². The van der Waals surface area contributed by atoms with Gasteiger partial charge in [-0.3, -0.25) is 0 Å². The molecule has 0 aromatic carbocycles. The van der Waals surface area contributed by atoms with E-state index in [1.54, 1.807) is 12.3 Å². The maximum Gasteiger partial charge on any atom is 0.164 e. The van der Waals surface area contributed by atoms with Crippen LogP contribution in [0.25, 0.3) is 0 Å². The highest BCUT2D eigenvalue weighted by atomic mass is 16.5. The zero-order valence-corrected chi connectivity index (χ0v) is 10.6. The molecule has 1 heterocycles. The molecule has 0 aliphatic carbocycles. The molecule has 0 unspecified atom stereocenters. The Kier molecular flexibility index (Phi) is 13.8. The van der Waals surface area contributed by atoms with Gasteiger partial charge < -0.3 is 10.1 Å². The molecule has 15 heavy (non-hydrogen) atoms. The van der Waals surface area contributed by atoms with Crippen LogP contribution in [0.15, 0.2) is 29.2 Å². The average molecular weight is 212 g/mol. The van der Waals surface area contributed by atoms with Crippen molar-refractivity contribution in [3.63, 3.8) is 0 Å². The van der Waals surface area contributed by atoms with Crippen molar-refractivity contribution < 1.29 is 4.74 Å². The Bertz CT molecular complexity index is 208. The van der Waals surface area contributed by atoms with Gasteiger partial charge in [-0.15, -0.1) is 0 Å². The molecule has 0 amide bonds. The smallest absolute Gasteiger partial charge is 0.164 e. The minimum absolute atomic E-state index is 0.721. The van der Waals surface area contributed by atoms with Gasteiger partial charge >= 0.3 is 0 Å². The molecule has 3 heteroatoms. The molecule has 0 saturated carbocycles. The van der Waals surface area contributed by atoms with Crippen molar-refractivity contribution in [2.45, 2.75) is 34.6 Å². The van der Waals surface area contributed by atoms with Gasteiger partial charge in [-0.25, -0.2) is 4.99 Å². The highest BCUT2D eigenvalue weighted by Gasteiger charge is 2.05. The van der Waals surface area contributed by atoms with Crippen molar-refractivity contribution in [2.24, 2.45) is 4.99 Å². The van der Waals surface area contributed by atoms with Crippen LogP contribution in [0.3, 0.4) is 0 Å². The molecule has 0 aromatic heterocycles. The van der Waals surface area contributed by atoms with E-state index < -0.39 is 0 Å². The predicted octanol–water partition coefficient (Wildman–Crippen LogP) is 3.10. The summed E-state index contributed by atoms with van der Waals surface area (Å²) in [6, 6.07) is 0. The largest absolute Gasteiger partial charge is 0.493 e. The van der Waals surface area contributed by atoms with E-state index in [-0.39, 0.29) is 0 Å². The first-order valence-corrected chi connectivity index (χ1v) is 5.57. The zero-order valence-electron chi connectivity index (χ0n) is 10.6. The number of aliphatic imine (C=N–C) groups is 1. The quantitative estimate of drug-likeness (QED) is 0.714. The lowest BCUT2D eigenvalue weighted by Gasteiger charge is -2.17. The zero-order chi connectivity index (χ0) is 12.1. The maximum absolute atomic E-state index is 5.26. The Labute approximate surface area is 93.9 Å². The molecule has 1 rings (SSSR count). The third-order valence-electron chi connectivity index (χ3n) is 1.36. The van der Waals surface area contributed by atoms with Crippen LogP contribution in [0.2, 0.25) is 0 Å². The van der Waals surface area contributed by atoms with Crippen molar-refractivity contribution in [3.8, 4) is 0 Å². The monoisotopic (exact) mass is 212 g/mol. The highest BCUT2D eigenvalue weighted by Crippen LogP contribution is 2.07. The minimum Gasteiger partial charge on any atom is -0.493 e. The van der Waals surface area contributed by atoms with Crippen LogP contribution >= 0.6 is 0 Å². The molecule has 1 aliphatic rings. The first-order valence-electron chi connectivity index (χ1n) is 5.57. The van der Waals surface area contributed by atoms with E-state index in [0.717, 1.165) is 24.7 Å². The first kappa shape index (κ1) is 16.2. The molecular formula is C12H24N2O. The normalized spacial score (nSPS) is 13.9. The Morgan fingerprint density at radius 2 is 1.93 bits per heavy atom. The summed E-state index contributed by atoms with van der Waals surface area (Å²) in [7, 11) is 0. The number of ether oxygens (including phenoxy) is 1. The summed E-state index contributed by atoms with van der Waals surface area (Å²) >= 11 is 0. The van der Waals surface area contributed by atoms with E-state index in [0.29, 0.717) is 0 Å². The molecule has 0 fully saturated rings. The van der Waals surface area contributed by atoms with E-state index in [4.69, 9.17) is 4.74 Å². The topological polar surface area (TPSA) is 33.6 Å². The van der Waals surface area contributed by atoms with E-state index in [1.807, 2.05) is 34.6 Å². The highest BCUT2D eigenvalue weighted by molar-refractivity contribution is 5.71. The Morgan fingerprint density at radius 1 is 1.33 bits per heavy atom. The average Bonchev–Trinajstić information content (AvgIpc) is 2.33.